The minimum atomic E-state index is -0.444. The third-order valence-electron chi connectivity index (χ3n) is 4.18. The van der Waals surface area contributed by atoms with Gasteiger partial charge in [-0.15, -0.1) is 0 Å². The van der Waals surface area contributed by atoms with E-state index in [4.69, 9.17) is 14.2 Å². The molecule has 1 unspecified atom stereocenters. The van der Waals surface area contributed by atoms with Crippen molar-refractivity contribution in [3.8, 4) is 17.6 Å². The molecule has 124 valence electrons. The average Bonchev–Trinajstić information content (AvgIpc) is 3.03. The first kappa shape index (κ1) is 16.0. The minimum Gasteiger partial charge on any atom is -0.495 e. The molecule has 0 amide bonds. The van der Waals surface area contributed by atoms with Gasteiger partial charge in [-0.25, -0.2) is 0 Å². The van der Waals surface area contributed by atoms with Crippen molar-refractivity contribution in [1.29, 1.82) is 5.26 Å². The van der Waals surface area contributed by atoms with Crippen LogP contribution in [-0.4, -0.2) is 25.3 Å². The molecule has 24 heavy (non-hydrogen) atoms. The quantitative estimate of drug-likeness (QED) is 0.623. The molecule has 2 aliphatic heterocycles. The van der Waals surface area contributed by atoms with Crippen LogP contribution in [0.3, 0.4) is 0 Å². The fourth-order valence-corrected chi connectivity index (χ4v) is 3.08. The average molecular weight is 324 g/mol. The molecule has 0 spiro atoms. The van der Waals surface area contributed by atoms with Crippen LogP contribution in [0.2, 0.25) is 0 Å². The van der Waals surface area contributed by atoms with E-state index in [2.05, 4.69) is 18.7 Å². The van der Waals surface area contributed by atoms with Gasteiger partial charge < -0.3 is 19.1 Å². The van der Waals surface area contributed by atoms with Crippen LogP contribution in [0, 0.1) is 11.3 Å². The maximum absolute atomic E-state index is 9.73. The highest BCUT2D eigenvalue weighted by molar-refractivity contribution is 5.70. The Bertz CT molecular complexity index is 787. The zero-order valence-electron chi connectivity index (χ0n) is 14.1. The number of nitriles is 1. The monoisotopic (exact) mass is 324 g/mol. The molecule has 0 N–H and O–H groups in total. The molecule has 0 fully saturated rings. The van der Waals surface area contributed by atoms with Crippen LogP contribution in [0.15, 0.2) is 41.8 Å². The molecule has 1 aromatic rings. The van der Waals surface area contributed by atoms with E-state index in [9.17, 15) is 5.26 Å². The molecule has 5 heteroatoms. The zero-order valence-corrected chi connectivity index (χ0v) is 14.1. The molecule has 2 aliphatic rings. The highest BCUT2D eigenvalue weighted by Gasteiger charge is 2.33. The zero-order chi connectivity index (χ0) is 17.3. The minimum absolute atomic E-state index is 0.192. The second-order valence-corrected chi connectivity index (χ2v) is 5.70. The number of likely N-dealkylation sites (N-methyl/N-ethyl adjacent to an activating group) is 1. The first-order valence-electron chi connectivity index (χ1n) is 7.83. The molecular formula is C19H20N2O3. The summed E-state index contributed by atoms with van der Waals surface area (Å²) >= 11 is 0. The van der Waals surface area contributed by atoms with Crippen molar-refractivity contribution in [1.82, 2.24) is 4.90 Å². The van der Waals surface area contributed by atoms with E-state index >= 15 is 0 Å². The van der Waals surface area contributed by atoms with Gasteiger partial charge in [-0.3, -0.25) is 0 Å². The molecule has 3 rings (SSSR count). The van der Waals surface area contributed by atoms with Gasteiger partial charge in [0.05, 0.1) is 12.7 Å². The van der Waals surface area contributed by atoms with Crippen molar-refractivity contribution in [2.24, 2.45) is 0 Å². The largest absolute Gasteiger partial charge is 0.495 e. The fraction of sp³-hybridized carbons (Fsp3) is 0.316. The van der Waals surface area contributed by atoms with E-state index in [0.29, 0.717) is 23.9 Å². The fourth-order valence-electron chi connectivity index (χ4n) is 3.08. The van der Waals surface area contributed by atoms with Crippen LogP contribution in [-0.2, 0) is 4.74 Å². The second kappa shape index (κ2) is 6.32. The van der Waals surface area contributed by atoms with Crippen LogP contribution in [0.4, 0.5) is 0 Å². The number of fused-ring (bicyclic) bond motifs is 3. The Balaban J connectivity index is 2.07. The van der Waals surface area contributed by atoms with E-state index in [1.165, 1.54) is 0 Å². The van der Waals surface area contributed by atoms with E-state index in [1.807, 2.05) is 44.0 Å². The Kier molecular flexibility index (Phi) is 4.22. The molecule has 0 aromatic heterocycles. The molecule has 1 aromatic carbocycles. The molecule has 5 nitrogen and oxygen atoms in total. The number of hydrogen-bond acceptors (Lipinski definition) is 5. The smallest absolute Gasteiger partial charge is 0.231 e. The Morgan fingerprint density at radius 2 is 2.29 bits per heavy atom. The predicted molar refractivity (Wildman–Crippen MR) is 91.2 cm³/mol. The van der Waals surface area contributed by atoms with Crippen LogP contribution in [0.25, 0.3) is 6.08 Å². The first-order chi connectivity index (χ1) is 11.6. The van der Waals surface area contributed by atoms with Crippen molar-refractivity contribution in [3.05, 3.63) is 52.9 Å². The lowest BCUT2D eigenvalue weighted by molar-refractivity contribution is 0.172. The van der Waals surface area contributed by atoms with Crippen molar-refractivity contribution >= 4 is 6.08 Å². The van der Waals surface area contributed by atoms with Gasteiger partial charge in [0.25, 0.3) is 0 Å². The Morgan fingerprint density at radius 3 is 3.00 bits per heavy atom. The summed E-state index contributed by atoms with van der Waals surface area (Å²) in [5, 5.41) is 9.73. The van der Waals surface area contributed by atoms with Crippen molar-refractivity contribution in [2.45, 2.75) is 19.9 Å². The van der Waals surface area contributed by atoms with Crippen LogP contribution >= 0.6 is 0 Å². The lowest BCUT2D eigenvalue weighted by Crippen LogP contribution is -2.27. The summed E-state index contributed by atoms with van der Waals surface area (Å²) in [4.78, 5) is 1.94. The number of ether oxygens (including phenoxy) is 3. The number of nitrogens with zero attached hydrogens (tertiary/aromatic N) is 2. The van der Waals surface area contributed by atoms with Crippen LogP contribution < -0.4 is 9.47 Å². The van der Waals surface area contributed by atoms with Gasteiger partial charge in [0.15, 0.2) is 11.5 Å². The van der Waals surface area contributed by atoms with Gasteiger partial charge in [0.2, 0.25) is 6.79 Å². The van der Waals surface area contributed by atoms with E-state index < -0.39 is 6.04 Å². The van der Waals surface area contributed by atoms with Crippen molar-refractivity contribution in [3.63, 3.8) is 0 Å². The molecular weight excluding hydrogens is 304 g/mol. The molecule has 2 heterocycles. The van der Waals surface area contributed by atoms with Crippen LogP contribution in [0.1, 0.15) is 31.0 Å². The third-order valence-corrected chi connectivity index (χ3v) is 4.18. The summed E-state index contributed by atoms with van der Waals surface area (Å²) in [6, 6.07) is 5.77. The number of benzene rings is 1. The Labute approximate surface area is 142 Å². The number of rotatable bonds is 4. The number of hydrogen-bond donors (Lipinski definition) is 0. The first-order valence-corrected chi connectivity index (χ1v) is 7.83. The summed E-state index contributed by atoms with van der Waals surface area (Å²) in [5.41, 5.74) is 3.76. The molecule has 0 saturated carbocycles. The third kappa shape index (κ3) is 2.61. The Hall–Kier alpha value is -2.87. The van der Waals surface area contributed by atoms with E-state index in [1.54, 1.807) is 0 Å². The van der Waals surface area contributed by atoms with Crippen molar-refractivity contribution in [2.75, 3.05) is 20.4 Å². The Morgan fingerprint density at radius 1 is 1.50 bits per heavy atom. The maximum atomic E-state index is 9.73. The standard InChI is InChI=1S/C19H20N2O3/c1-5-22-13(3)8-12(2)15-9-14-6-7-17-19(24-11-23-17)18(14)16(10-20)21(15)4/h6-9,16H,3,5,11H2,1-2,4H3. The normalized spacial score (nSPS) is 18.6. The predicted octanol–water partition coefficient (Wildman–Crippen LogP) is 3.76. The van der Waals surface area contributed by atoms with Gasteiger partial charge >= 0.3 is 0 Å². The lowest BCUT2D eigenvalue weighted by Gasteiger charge is -2.33. The topological polar surface area (TPSA) is 54.7 Å². The summed E-state index contributed by atoms with van der Waals surface area (Å²) < 4.78 is 16.4. The highest BCUT2D eigenvalue weighted by atomic mass is 16.7. The summed E-state index contributed by atoms with van der Waals surface area (Å²) in [5.74, 6) is 1.96. The number of allylic oxidation sites excluding steroid dienone is 2. The highest BCUT2D eigenvalue weighted by Crippen LogP contribution is 2.46. The van der Waals surface area contributed by atoms with E-state index in [0.717, 1.165) is 22.4 Å². The molecule has 0 saturated heterocycles. The summed E-state index contributed by atoms with van der Waals surface area (Å²) in [6.07, 6.45) is 3.94. The van der Waals surface area contributed by atoms with Crippen molar-refractivity contribution < 1.29 is 14.2 Å². The molecule has 0 bridgehead atoms. The van der Waals surface area contributed by atoms with Gasteiger partial charge in [0.1, 0.15) is 11.8 Å². The van der Waals surface area contributed by atoms with Gasteiger partial charge in [-0.1, -0.05) is 12.6 Å². The molecule has 0 radical (unpaired) electrons. The molecule has 0 aliphatic carbocycles. The maximum Gasteiger partial charge on any atom is 0.231 e. The van der Waals surface area contributed by atoms with Crippen LogP contribution in [0.5, 0.6) is 11.5 Å². The SMILES string of the molecule is C=C(C=C(C)C1=Cc2ccc3c(c2C(C#N)N1C)OCO3)OCC. The molecule has 1 atom stereocenters. The van der Waals surface area contributed by atoms with Gasteiger partial charge in [-0.05, 0) is 43.2 Å². The van der Waals surface area contributed by atoms with E-state index in [-0.39, 0.29) is 6.79 Å². The van der Waals surface area contributed by atoms with Gasteiger partial charge in [-0.2, -0.15) is 5.26 Å². The summed E-state index contributed by atoms with van der Waals surface area (Å²) in [7, 11) is 1.90. The summed E-state index contributed by atoms with van der Waals surface area (Å²) in [6.45, 7) is 8.56. The second-order valence-electron chi connectivity index (χ2n) is 5.70. The van der Waals surface area contributed by atoms with Gasteiger partial charge in [0, 0.05) is 18.3 Å². The lowest BCUT2D eigenvalue weighted by atomic mass is 9.91.